The lowest BCUT2D eigenvalue weighted by Crippen LogP contribution is -2.41. The van der Waals surface area contributed by atoms with Gasteiger partial charge in [0, 0.05) is 12.1 Å². The van der Waals surface area contributed by atoms with E-state index in [2.05, 4.69) is 0 Å². The number of rotatable bonds is 3. The largest absolute Gasteiger partial charge is 0.330 e. The molecule has 2 rings (SSSR count). The molecular formula is C10H20N2O2S. The summed E-state index contributed by atoms with van der Waals surface area (Å²) in [5.74, 6) is 0.386. The fraction of sp³-hybridized carbons (Fsp3) is 1.00. The molecule has 0 aromatic rings. The first-order valence-electron chi connectivity index (χ1n) is 5.71. The SMILES string of the molecule is CC(C)S(=O)(=O)N1C2CCC1C(CN)C2. The van der Waals surface area contributed by atoms with Crippen LogP contribution in [0.1, 0.15) is 33.1 Å². The minimum Gasteiger partial charge on any atom is -0.330 e. The zero-order valence-corrected chi connectivity index (χ0v) is 10.2. The van der Waals surface area contributed by atoms with Crippen molar-refractivity contribution in [1.82, 2.24) is 4.31 Å². The molecule has 0 aromatic carbocycles. The van der Waals surface area contributed by atoms with Gasteiger partial charge in [0.05, 0.1) is 5.25 Å². The molecule has 0 spiro atoms. The van der Waals surface area contributed by atoms with E-state index in [1.54, 1.807) is 18.2 Å². The Morgan fingerprint density at radius 3 is 2.53 bits per heavy atom. The van der Waals surface area contributed by atoms with Crippen molar-refractivity contribution in [3.63, 3.8) is 0 Å². The summed E-state index contributed by atoms with van der Waals surface area (Å²) in [5, 5.41) is -0.308. The summed E-state index contributed by atoms with van der Waals surface area (Å²) in [6.07, 6.45) is 2.98. The fourth-order valence-electron chi connectivity index (χ4n) is 2.95. The standard InChI is InChI=1S/C10H20N2O2S/c1-7(2)15(13,14)12-9-3-4-10(12)8(5-9)6-11/h7-10H,3-6,11H2,1-2H3. The predicted molar refractivity (Wildman–Crippen MR) is 59.9 cm³/mol. The second-order valence-corrected chi connectivity index (χ2v) is 7.35. The molecule has 88 valence electrons. The van der Waals surface area contributed by atoms with E-state index in [4.69, 9.17) is 5.73 Å². The fourth-order valence-corrected chi connectivity index (χ4v) is 4.70. The molecule has 2 heterocycles. The van der Waals surface area contributed by atoms with Crippen LogP contribution in [0.4, 0.5) is 0 Å². The molecule has 3 unspecified atom stereocenters. The van der Waals surface area contributed by atoms with Crippen molar-refractivity contribution in [3.05, 3.63) is 0 Å². The zero-order valence-electron chi connectivity index (χ0n) is 9.39. The molecule has 2 bridgehead atoms. The first-order valence-corrected chi connectivity index (χ1v) is 7.21. The summed E-state index contributed by atoms with van der Waals surface area (Å²) >= 11 is 0. The minimum atomic E-state index is -3.08. The van der Waals surface area contributed by atoms with Gasteiger partial charge in [-0.05, 0) is 45.6 Å². The normalized spacial score (nSPS) is 36.7. The number of sulfonamides is 1. The highest BCUT2D eigenvalue weighted by Crippen LogP contribution is 2.43. The Kier molecular flexibility index (Phi) is 2.81. The second-order valence-electron chi connectivity index (χ2n) is 4.95. The molecule has 0 radical (unpaired) electrons. The Labute approximate surface area is 91.9 Å². The van der Waals surface area contributed by atoms with Gasteiger partial charge in [-0.2, -0.15) is 4.31 Å². The molecule has 0 saturated carbocycles. The number of hydrogen-bond donors (Lipinski definition) is 1. The van der Waals surface area contributed by atoms with E-state index in [0.29, 0.717) is 12.5 Å². The maximum absolute atomic E-state index is 12.1. The van der Waals surface area contributed by atoms with E-state index < -0.39 is 10.0 Å². The second kappa shape index (κ2) is 3.71. The average molecular weight is 232 g/mol. The van der Waals surface area contributed by atoms with Crippen molar-refractivity contribution in [2.75, 3.05) is 6.54 Å². The van der Waals surface area contributed by atoms with Crippen molar-refractivity contribution in [2.45, 2.75) is 50.4 Å². The molecule has 4 nitrogen and oxygen atoms in total. The van der Waals surface area contributed by atoms with Crippen molar-refractivity contribution >= 4 is 10.0 Å². The van der Waals surface area contributed by atoms with Crippen LogP contribution in [0.2, 0.25) is 0 Å². The Hall–Kier alpha value is -0.130. The van der Waals surface area contributed by atoms with Gasteiger partial charge >= 0.3 is 0 Å². The molecule has 0 aliphatic carbocycles. The molecule has 2 saturated heterocycles. The summed E-state index contributed by atoms with van der Waals surface area (Å²) in [5.41, 5.74) is 5.68. The molecule has 5 heteroatoms. The lowest BCUT2D eigenvalue weighted by Gasteiger charge is -2.25. The van der Waals surface area contributed by atoms with Gasteiger partial charge in [0.25, 0.3) is 0 Å². The van der Waals surface area contributed by atoms with Gasteiger partial charge in [-0.3, -0.25) is 0 Å². The van der Waals surface area contributed by atoms with Crippen molar-refractivity contribution in [3.8, 4) is 0 Å². The number of nitrogens with zero attached hydrogens (tertiary/aromatic N) is 1. The lowest BCUT2D eigenvalue weighted by atomic mass is 9.89. The van der Waals surface area contributed by atoms with E-state index >= 15 is 0 Å². The number of nitrogens with two attached hydrogens (primary N) is 1. The first kappa shape index (κ1) is 11.4. The van der Waals surface area contributed by atoms with E-state index in [9.17, 15) is 8.42 Å². The van der Waals surface area contributed by atoms with Gasteiger partial charge in [0.15, 0.2) is 0 Å². The monoisotopic (exact) mass is 232 g/mol. The third-order valence-electron chi connectivity index (χ3n) is 3.79. The van der Waals surface area contributed by atoms with E-state index in [-0.39, 0.29) is 17.3 Å². The first-order chi connectivity index (χ1) is 6.98. The van der Waals surface area contributed by atoms with Crippen LogP contribution >= 0.6 is 0 Å². The molecule has 2 aliphatic rings. The van der Waals surface area contributed by atoms with Crippen molar-refractivity contribution in [1.29, 1.82) is 0 Å². The summed E-state index contributed by atoms with van der Waals surface area (Å²) in [6.45, 7) is 4.13. The van der Waals surface area contributed by atoms with E-state index in [1.165, 1.54) is 0 Å². The van der Waals surface area contributed by atoms with Gasteiger partial charge < -0.3 is 5.73 Å². The van der Waals surface area contributed by atoms with Crippen LogP contribution in [0, 0.1) is 5.92 Å². The Morgan fingerprint density at radius 2 is 2.07 bits per heavy atom. The highest BCUT2D eigenvalue weighted by atomic mass is 32.2. The lowest BCUT2D eigenvalue weighted by molar-refractivity contribution is 0.358. The summed E-state index contributed by atoms with van der Waals surface area (Å²) in [4.78, 5) is 0. The highest BCUT2D eigenvalue weighted by Gasteiger charge is 2.51. The van der Waals surface area contributed by atoms with E-state index in [0.717, 1.165) is 19.3 Å². The van der Waals surface area contributed by atoms with Gasteiger partial charge in [0.2, 0.25) is 10.0 Å². The van der Waals surface area contributed by atoms with Crippen LogP contribution in [0.5, 0.6) is 0 Å². The molecule has 0 aromatic heterocycles. The molecule has 2 N–H and O–H groups in total. The van der Waals surface area contributed by atoms with Crippen LogP contribution in [-0.4, -0.2) is 36.6 Å². The molecule has 3 atom stereocenters. The van der Waals surface area contributed by atoms with Gasteiger partial charge in [0.1, 0.15) is 0 Å². The highest BCUT2D eigenvalue weighted by molar-refractivity contribution is 7.89. The summed E-state index contributed by atoms with van der Waals surface area (Å²) < 4.78 is 26.0. The Balaban J connectivity index is 2.26. The molecule has 15 heavy (non-hydrogen) atoms. The van der Waals surface area contributed by atoms with Crippen LogP contribution in [0.3, 0.4) is 0 Å². The van der Waals surface area contributed by atoms with Crippen LogP contribution in [-0.2, 0) is 10.0 Å². The third-order valence-corrected chi connectivity index (χ3v) is 6.14. The Morgan fingerprint density at radius 1 is 1.40 bits per heavy atom. The van der Waals surface area contributed by atoms with E-state index in [1.807, 2.05) is 0 Å². The maximum Gasteiger partial charge on any atom is 0.216 e. The molecule has 0 amide bonds. The molecular weight excluding hydrogens is 212 g/mol. The van der Waals surface area contributed by atoms with Crippen LogP contribution in [0.25, 0.3) is 0 Å². The Bertz CT molecular complexity index is 339. The van der Waals surface area contributed by atoms with Gasteiger partial charge in [-0.1, -0.05) is 0 Å². The van der Waals surface area contributed by atoms with Gasteiger partial charge in [-0.15, -0.1) is 0 Å². The van der Waals surface area contributed by atoms with Crippen LogP contribution in [0.15, 0.2) is 0 Å². The average Bonchev–Trinajstić information content (AvgIpc) is 2.73. The number of hydrogen-bond acceptors (Lipinski definition) is 3. The molecule has 2 fully saturated rings. The maximum atomic E-state index is 12.1. The summed E-state index contributed by atoms with van der Waals surface area (Å²) in [6, 6.07) is 0.420. The van der Waals surface area contributed by atoms with Crippen LogP contribution < -0.4 is 5.73 Å². The number of fused-ring (bicyclic) bond motifs is 2. The van der Waals surface area contributed by atoms with Crippen molar-refractivity contribution < 1.29 is 8.42 Å². The minimum absolute atomic E-state index is 0.187. The smallest absolute Gasteiger partial charge is 0.216 e. The quantitative estimate of drug-likeness (QED) is 0.772. The molecule has 2 aliphatic heterocycles. The summed E-state index contributed by atoms with van der Waals surface area (Å²) in [7, 11) is -3.08. The van der Waals surface area contributed by atoms with Gasteiger partial charge in [-0.25, -0.2) is 8.42 Å². The third kappa shape index (κ3) is 1.61. The zero-order chi connectivity index (χ0) is 11.2. The predicted octanol–water partition coefficient (Wildman–Crippen LogP) is 0.536. The topological polar surface area (TPSA) is 63.4 Å². The van der Waals surface area contributed by atoms with Crippen molar-refractivity contribution in [2.24, 2.45) is 11.7 Å².